The predicted octanol–water partition coefficient (Wildman–Crippen LogP) is 22.9. The molecular weight excluding hydrogens is 1260 g/mol. The molecule has 1 aliphatic heterocycles. The number of rotatable bonds is 35. The standard InChI is InChI=1S/C16H24N2.C14H29N.C14H23N.C11H25N.C10H21NO2.C10H21N.C9H21N.C8H19N/c1-11(2)16(18-12(3)4)9-13-10-17-15-8-6-5-7-14(13)15;2*1-11(2)14(15-12(3)4)10-13-8-6-5-7-9-13;1-8(2)7-11(9(3)4)12-10(5)6;1-7(2)9(11-8(3)4)5-6-10(12)13;1-8(2)10-6-5-7-11(10)9(3)4;1-6-9(7(2)3)10-8(4)5;1-6(2)8(5)9-7(3)4/h5-8,10-12,16-18H,9H2,1-4H3;11-15H,5-10H2,1-4H3;5-9,11-12,14-15H,10H2,1-4H3;8-12H,7H2,1-6H3;7-9,11H,5-6H2,1-4H3,(H,12,13);8-10H,5-7H2,1-4H3;7-10H,6H2,1-5H3;6-9H,1-5H3. The van der Waals surface area contributed by atoms with Gasteiger partial charge in [0.2, 0.25) is 0 Å². The van der Waals surface area contributed by atoms with Gasteiger partial charge in [0.15, 0.2) is 0 Å². The van der Waals surface area contributed by atoms with Crippen LogP contribution in [-0.2, 0) is 17.6 Å². The molecule has 8 unspecified atom stereocenters. The summed E-state index contributed by atoms with van der Waals surface area (Å²) in [6, 6.07) is 29.0. The number of carboxylic acid groups (broad SMARTS) is 1. The summed E-state index contributed by atoms with van der Waals surface area (Å²) >= 11 is 0. The zero-order chi connectivity index (χ0) is 79.8. The molecule has 1 aliphatic carbocycles. The molecule has 0 bridgehead atoms. The van der Waals surface area contributed by atoms with Crippen molar-refractivity contribution >= 4 is 16.9 Å². The van der Waals surface area contributed by atoms with Gasteiger partial charge in [-0.1, -0.05) is 309 Å². The fourth-order valence-corrected chi connectivity index (χ4v) is 13.9. The molecule has 0 radical (unpaired) electrons. The summed E-state index contributed by atoms with van der Waals surface area (Å²) in [5.41, 5.74) is 4.07. The Labute approximate surface area is 643 Å². The minimum atomic E-state index is -0.712. The highest BCUT2D eigenvalue weighted by atomic mass is 16.4. The van der Waals surface area contributed by atoms with Crippen LogP contribution in [0, 0.1) is 59.2 Å². The van der Waals surface area contributed by atoms with E-state index in [2.05, 4.69) is 357 Å². The van der Waals surface area contributed by atoms with Crippen molar-refractivity contribution in [3.63, 3.8) is 0 Å². The number of fused-ring (bicyclic) bond motifs is 1. The fraction of sp³-hybridized carbons (Fsp3) is 0.837. The van der Waals surface area contributed by atoms with Gasteiger partial charge in [0, 0.05) is 120 Å². The fourth-order valence-electron chi connectivity index (χ4n) is 13.9. The maximum absolute atomic E-state index is 10.4. The Kier molecular flexibility index (Phi) is 60.8. The van der Waals surface area contributed by atoms with Crippen LogP contribution in [0.5, 0.6) is 0 Å². The molecule has 9 N–H and O–H groups in total. The van der Waals surface area contributed by atoms with Gasteiger partial charge in [-0.25, -0.2) is 0 Å². The van der Waals surface area contributed by atoms with Gasteiger partial charge >= 0.3 is 5.97 Å². The number of hydrogen-bond acceptors (Lipinski definition) is 9. The van der Waals surface area contributed by atoms with Crippen molar-refractivity contribution in [3.05, 3.63) is 71.9 Å². The van der Waals surface area contributed by atoms with Gasteiger partial charge in [-0.2, -0.15) is 0 Å². The number of hydrogen-bond donors (Lipinski definition) is 9. The highest BCUT2D eigenvalue weighted by Gasteiger charge is 2.29. The monoisotopic (exact) mass is 1450 g/mol. The molecule has 3 aromatic rings. The summed E-state index contributed by atoms with van der Waals surface area (Å²) in [5, 5.41) is 34.9. The number of carbonyl (C=O) groups is 1. The maximum Gasteiger partial charge on any atom is 0.303 e. The summed E-state index contributed by atoms with van der Waals surface area (Å²) in [6.45, 7) is 82.0. The summed E-state index contributed by atoms with van der Waals surface area (Å²) in [5.74, 6) is 6.73. The lowest BCUT2D eigenvalue weighted by Gasteiger charge is -2.30. The second-order valence-corrected chi connectivity index (χ2v) is 36.6. The number of para-hydroxylation sites is 1. The van der Waals surface area contributed by atoms with E-state index in [1.165, 1.54) is 92.8 Å². The van der Waals surface area contributed by atoms with Crippen LogP contribution in [0.1, 0.15) is 337 Å². The third kappa shape index (κ3) is 55.2. The van der Waals surface area contributed by atoms with E-state index in [1.807, 2.05) is 0 Å². The van der Waals surface area contributed by atoms with E-state index in [-0.39, 0.29) is 6.42 Å². The van der Waals surface area contributed by atoms with Crippen LogP contribution in [0.2, 0.25) is 0 Å². The van der Waals surface area contributed by atoms with Crippen LogP contribution in [-0.4, -0.2) is 124 Å². The third-order valence-electron chi connectivity index (χ3n) is 20.0. The second kappa shape index (κ2) is 60.0. The molecule has 1 saturated carbocycles. The molecule has 0 spiro atoms. The number of likely N-dealkylation sites (tertiary alicyclic amines) is 1. The minimum Gasteiger partial charge on any atom is -0.481 e. The number of aromatic nitrogens is 1. The summed E-state index contributed by atoms with van der Waals surface area (Å²) in [6.07, 6.45) is 19.4. The number of nitrogens with zero attached hydrogens (tertiary/aromatic N) is 1. The Bertz CT molecular complexity index is 2340. The summed E-state index contributed by atoms with van der Waals surface area (Å²) in [4.78, 5) is 16.4. The van der Waals surface area contributed by atoms with Gasteiger partial charge in [-0.15, -0.1) is 0 Å². The molecule has 2 heterocycles. The quantitative estimate of drug-likeness (QED) is 0.0280. The molecule has 608 valence electrons. The van der Waals surface area contributed by atoms with Crippen molar-refractivity contribution in [1.29, 1.82) is 0 Å². The van der Waals surface area contributed by atoms with Gasteiger partial charge in [0.1, 0.15) is 0 Å². The second-order valence-electron chi connectivity index (χ2n) is 36.6. The zero-order valence-corrected chi connectivity index (χ0v) is 75.2. The molecule has 2 aliphatic rings. The number of H-pyrrole nitrogens is 1. The van der Waals surface area contributed by atoms with E-state index in [0.29, 0.717) is 103 Å². The van der Waals surface area contributed by atoms with Gasteiger partial charge < -0.3 is 47.3 Å². The Morgan fingerprint density at radius 3 is 1.22 bits per heavy atom. The van der Waals surface area contributed by atoms with Crippen LogP contribution < -0.4 is 37.2 Å². The first-order valence-corrected chi connectivity index (χ1v) is 42.7. The molecule has 0 amide bonds. The topological polar surface area (TPSA) is 141 Å². The van der Waals surface area contributed by atoms with Gasteiger partial charge in [-0.05, 0) is 155 Å². The highest BCUT2D eigenvalue weighted by Crippen LogP contribution is 2.30. The molecule has 2 fully saturated rings. The number of aliphatic carboxylic acids is 1. The van der Waals surface area contributed by atoms with Gasteiger partial charge in [-0.3, -0.25) is 9.69 Å². The van der Waals surface area contributed by atoms with Crippen molar-refractivity contribution in [2.24, 2.45) is 59.2 Å². The molecule has 5 rings (SSSR count). The molecule has 2 aromatic carbocycles. The van der Waals surface area contributed by atoms with Gasteiger partial charge in [0.25, 0.3) is 0 Å². The smallest absolute Gasteiger partial charge is 0.303 e. The first kappa shape index (κ1) is 104. The van der Waals surface area contributed by atoms with Crippen molar-refractivity contribution in [2.45, 2.75) is 436 Å². The van der Waals surface area contributed by atoms with E-state index in [0.717, 1.165) is 72.4 Å². The number of benzene rings is 2. The lowest BCUT2D eigenvalue weighted by atomic mass is 9.82. The Morgan fingerprint density at radius 2 is 0.854 bits per heavy atom. The van der Waals surface area contributed by atoms with Crippen molar-refractivity contribution in [3.8, 4) is 0 Å². The lowest BCUT2D eigenvalue weighted by Crippen LogP contribution is -2.40. The Morgan fingerprint density at radius 1 is 0.447 bits per heavy atom. The average Bonchev–Trinajstić information content (AvgIpc) is 1.69. The SMILES string of the molecule is CC(C)C1CCCN1C(C)C.CC(C)CC(NC(C)C)C(C)C.CC(C)NC(C)C(C)C.CC(C)NC(CC1CCCCC1)C(C)C.CC(C)NC(CCC(=O)O)C(C)C.CC(C)NC(Cc1c[nH]c2ccccc12)C(C)C.CC(C)NC(Cc1ccccc1)C(C)C.CCC(NC(C)C)C(C)C. The van der Waals surface area contributed by atoms with E-state index in [9.17, 15) is 4.79 Å². The highest BCUT2D eigenvalue weighted by molar-refractivity contribution is 5.83. The number of carboxylic acids is 1. The molecule has 8 atom stereocenters. The largest absolute Gasteiger partial charge is 0.481 e. The van der Waals surface area contributed by atoms with Crippen LogP contribution in [0.4, 0.5) is 0 Å². The average molecular weight is 1450 g/mol. The van der Waals surface area contributed by atoms with Crippen molar-refractivity contribution in [1.82, 2.24) is 47.1 Å². The van der Waals surface area contributed by atoms with Crippen LogP contribution in [0.15, 0.2) is 60.8 Å². The van der Waals surface area contributed by atoms with E-state index in [1.54, 1.807) is 0 Å². The maximum atomic E-state index is 10.4. The molecular formula is C92H183N9O2. The predicted molar refractivity (Wildman–Crippen MR) is 464 cm³/mol. The van der Waals surface area contributed by atoms with Crippen LogP contribution in [0.3, 0.4) is 0 Å². The van der Waals surface area contributed by atoms with E-state index < -0.39 is 5.97 Å². The van der Waals surface area contributed by atoms with E-state index in [4.69, 9.17) is 5.11 Å². The number of aromatic amines is 1. The van der Waals surface area contributed by atoms with Crippen LogP contribution >= 0.6 is 0 Å². The van der Waals surface area contributed by atoms with Crippen LogP contribution in [0.25, 0.3) is 10.9 Å². The van der Waals surface area contributed by atoms with Gasteiger partial charge in [0.05, 0.1) is 0 Å². The molecule has 11 heteroatoms. The zero-order valence-electron chi connectivity index (χ0n) is 75.2. The Balaban J connectivity index is -0.00000112. The molecule has 1 aromatic heterocycles. The van der Waals surface area contributed by atoms with E-state index >= 15 is 0 Å². The molecule has 11 nitrogen and oxygen atoms in total. The van der Waals surface area contributed by atoms with Crippen molar-refractivity contribution in [2.75, 3.05) is 6.54 Å². The first-order valence-electron chi connectivity index (χ1n) is 42.7. The summed E-state index contributed by atoms with van der Waals surface area (Å²) in [7, 11) is 0. The lowest BCUT2D eigenvalue weighted by molar-refractivity contribution is -0.137. The first-order chi connectivity index (χ1) is 47.9. The third-order valence-corrected chi connectivity index (χ3v) is 20.0. The Hall–Kier alpha value is -2.87. The normalized spacial score (nSPS) is 16.5. The summed E-state index contributed by atoms with van der Waals surface area (Å²) < 4.78 is 0. The van der Waals surface area contributed by atoms with Crippen molar-refractivity contribution < 1.29 is 9.90 Å². The molecule has 1 saturated heterocycles. The minimum absolute atomic E-state index is 0.253. The number of nitrogens with one attached hydrogen (secondary N) is 8. The molecule has 103 heavy (non-hydrogen) atoms.